The van der Waals surface area contributed by atoms with Crippen LogP contribution in [0, 0.1) is 6.92 Å². The third-order valence-corrected chi connectivity index (χ3v) is 3.00. The zero-order valence-corrected chi connectivity index (χ0v) is 10.9. The Kier molecular flexibility index (Phi) is 3.66. The van der Waals surface area contributed by atoms with E-state index in [-0.39, 0.29) is 17.4 Å². The van der Waals surface area contributed by atoms with E-state index in [9.17, 15) is 14.4 Å². The molecule has 0 aliphatic heterocycles. The van der Waals surface area contributed by atoms with Gasteiger partial charge in [0.2, 0.25) is 0 Å². The quantitative estimate of drug-likeness (QED) is 0.862. The molecule has 6 heteroatoms. The van der Waals surface area contributed by atoms with E-state index in [1.165, 1.54) is 6.20 Å². The van der Waals surface area contributed by atoms with Crippen LogP contribution in [0.15, 0.2) is 40.1 Å². The Hall–Kier alpha value is -2.14. The van der Waals surface area contributed by atoms with Crippen LogP contribution in [-0.2, 0) is 6.54 Å². The second-order valence-electron chi connectivity index (χ2n) is 4.10. The number of H-pyrrole nitrogens is 1. The van der Waals surface area contributed by atoms with Gasteiger partial charge in [-0.3, -0.25) is 19.1 Å². The molecule has 2 rings (SSSR count). The maximum absolute atomic E-state index is 12.1. The van der Waals surface area contributed by atoms with Crippen LogP contribution >= 0.6 is 11.6 Å². The van der Waals surface area contributed by atoms with Crippen molar-refractivity contribution in [1.29, 1.82) is 0 Å². The molecule has 0 fully saturated rings. The Labute approximate surface area is 113 Å². The van der Waals surface area contributed by atoms with Crippen LogP contribution < -0.4 is 11.2 Å². The number of ketones is 1. The molecule has 0 saturated carbocycles. The highest BCUT2D eigenvalue weighted by Gasteiger charge is 2.11. The summed E-state index contributed by atoms with van der Waals surface area (Å²) in [7, 11) is 0. The summed E-state index contributed by atoms with van der Waals surface area (Å²) in [5, 5.41) is -0.128. The van der Waals surface area contributed by atoms with Gasteiger partial charge < -0.3 is 0 Å². The predicted octanol–water partition coefficient (Wildman–Crippen LogP) is 1.38. The summed E-state index contributed by atoms with van der Waals surface area (Å²) in [5.41, 5.74) is 0.0513. The lowest BCUT2D eigenvalue weighted by Gasteiger charge is -2.06. The number of nitrogens with one attached hydrogen (secondary N) is 1. The van der Waals surface area contributed by atoms with Crippen molar-refractivity contribution in [3.63, 3.8) is 0 Å². The second-order valence-corrected chi connectivity index (χ2v) is 4.51. The average molecular weight is 279 g/mol. The Bertz CT molecular complexity index is 746. The van der Waals surface area contributed by atoms with E-state index in [0.717, 1.165) is 10.1 Å². The molecule has 19 heavy (non-hydrogen) atoms. The zero-order chi connectivity index (χ0) is 14.0. The number of nitrogens with zero attached hydrogens (tertiary/aromatic N) is 1. The molecule has 1 N–H and O–H groups in total. The first-order valence-corrected chi connectivity index (χ1v) is 5.95. The van der Waals surface area contributed by atoms with E-state index in [2.05, 4.69) is 0 Å². The lowest BCUT2D eigenvalue weighted by Crippen LogP contribution is -2.31. The number of hydrogen-bond donors (Lipinski definition) is 1. The molecule has 5 nitrogen and oxygen atoms in total. The molecule has 0 saturated heterocycles. The number of benzene rings is 1. The van der Waals surface area contributed by atoms with Crippen LogP contribution in [0.4, 0.5) is 0 Å². The molecular weight excluding hydrogens is 268 g/mol. The number of Topliss-reactive ketones (excluding diaryl/α,β-unsaturated/α-hetero) is 1. The van der Waals surface area contributed by atoms with Gasteiger partial charge in [-0.15, -0.1) is 0 Å². The molecule has 0 unspecified atom stereocenters. The van der Waals surface area contributed by atoms with Gasteiger partial charge in [0.05, 0.1) is 6.54 Å². The molecule has 1 heterocycles. The van der Waals surface area contributed by atoms with E-state index in [1.807, 2.05) is 24.0 Å². The summed E-state index contributed by atoms with van der Waals surface area (Å²) >= 11 is 5.63. The van der Waals surface area contributed by atoms with Crippen molar-refractivity contribution < 1.29 is 4.79 Å². The van der Waals surface area contributed by atoms with Crippen LogP contribution in [0.25, 0.3) is 0 Å². The van der Waals surface area contributed by atoms with Crippen LogP contribution in [0.5, 0.6) is 0 Å². The SMILES string of the molecule is Cc1ccccc1C(=O)Cn1cc(Cl)c(=O)[nH]c1=O. The van der Waals surface area contributed by atoms with E-state index in [4.69, 9.17) is 11.6 Å². The predicted molar refractivity (Wildman–Crippen MR) is 71.8 cm³/mol. The number of aromatic amines is 1. The van der Waals surface area contributed by atoms with Crippen molar-refractivity contribution >= 4 is 17.4 Å². The van der Waals surface area contributed by atoms with Crippen LogP contribution in [0.2, 0.25) is 5.02 Å². The van der Waals surface area contributed by atoms with E-state index in [0.29, 0.717) is 5.56 Å². The third-order valence-electron chi connectivity index (χ3n) is 2.73. The molecule has 98 valence electrons. The highest BCUT2D eigenvalue weighted by Crippen LogP contribution is 2.08. The summed E-state index contributed by atoms with van der Waals surface area (Å²) in [6.07, 6.45) is 1.17. The lowest BCUT2D eigenvalue weighted by atomic mass is 10.1. The Morgan fingerprint density at radius 2 is 2.00 bits per heavy atom. The first-order valence-electron chi connectivity index (χ1n) is 5.57. The molecule has 0 spiro atoms. The van der Waals surface area contributed by atoms with Gasteiger partial charge in [-0.2, -0.15) is 0 Å². The molecular formula is C13H11ClN2O3. The molecule has 0 amide bonds. The second kappa shape index (κ2) is 5.24. The minimum atomic E-state index is -0.661. The summed E-state index contributed by atoms with van der Waals surface area (Å²) in [5.74, 6) is -0.219. The largest absolute Gasteiger partial charge is 0.328 e. The van der Waals surface area contributed by atoms with Crippen molar-refractivity contribution in [3.8, 4) is 0 Å². The number of carbonyl (C=O) groups excluding carboxylic acids is 1. The first-order chi connectivity index (χ1) is 8.99. The van der Waals surface area contributed by atoms with Gasteiger partial charge in [0, 0.05) is 11.8 Å². The van der Waals surface area contributed by atoms with E-state index in [1.54, 1.807) is 12.1 Å². The average Bonchev–Trinajstić information content (AvgIpc) is 2.36. The minimum Gasteiger partial charge on any atom is -0.292 e. The topological polar surface area (TPSA) is 71.9 Å². The van der Waals surface area contributed by atoms with Crippen molar-refractivity contribution in [1.82, 2.24) is 9.55 Å². The Morgan fingerprint density at radius 3 is 2.68 bits per heavy atom. The zero-order valence-electron chi connectivity index (χ0n) is 10.1. The highest BCUT2D eigenvalue weighted by molar-refractivity contribution is 6.30. The molecule has 0 aliphatic carbocycles. The highest BCUT2D eigenvalue weighted by atomic mass is 35.5. The van der Waals surface area contributed by atoms with Crippen LogP contribution in [-0.4, -0.2) is 15.3 Å². The molecule has 2 aromatic rings. The van der Waals surface area contributed by atoms with Crippen LogP contribution in [0.3, 0.4) is 0 Å². The van der Waals surface area contributed by atoms with Gasteiger partial charge in [0.25, 0.3) is 5.56 Å². The van der Waals surface area contributed by atoms with E-state index >= 15 is 0 Å². The number of rotatable bonds is 3. The molecule has 1 aromatic carbocycles. The van der Waals surface area contributed by atoms with Gasteiger partial charge in [-0.1, -0.05) is 35.9 Å². The fourth-order valence-corrected chi connectivity index (χ4v) is 1.89. The molecule has 0 atom stereocenters. The van der Waals surface area contributed by atoms with Crippen molar-refractivity contribution in [3.05, 3.63) is 67.4 Å². The molecule has 1 aromatic heterocycles. The fraction of sp³-hybridized carbons (Fsp3) is 0.154. The Morgan fingerprint density at radius 1 is 1.32 bits per heavy atom. The number of aryl methyl sites for hydroxylation is 1. The van der Waals surface area contributed by atoms with Crippen molar-refractivity contribution in [2.75, 3.05) is 0 Å². The molecule has 0 radical (unpaired) electrons. The number of carbonyl (C=O) groups is 1. The third kappa shape index (κ3) is 2.82. The van der Waals surface area contributed by atoms with E-state index < -0.39 is 11.2 Å². The van der Waals surface area contributed by atoms with Gasteiger partial charge >= 0.3 is 5.69 Å². The number of aromatic nitrogens is 2. The van der Waals surface area contributed by atoms with Crippen molar-refractivity contribution in [2.24, 2.45) is 0 Å². The van der Waals surface area contributed by atoms with Gasteiger partial charge in [0.1, 0.15) is 5.02 Å². The number of halogens is 1. The first kappa shape index (κ1) is 13.3. The normalized spacial score (nSPS) is 10.4. The van der Waals surface area contributed by atoms with Gasteiger partial charge in [0.15, 0.2) is 5.78 Å². The lowest BCUT2D eigenvalue weighted by molar-refractivity contribution is 0.0969. The summed E-state index contributed by atoms with van der Waals surface area (Å²) in [6.45, 7) is 1.65. The fourth-order valence-electron chi connectivity index (χ4n) is 1.73. The Balaban J connectivity index is 2.35. The van der Waals surface area contributed by atoms with Gasteiger partial charge in [-0.05, 0) is 12.5 Å². The molecule has 0 bridgehead atoms. The maximum Gasteiger partial charge on any atom is 0.328 e. The summed E-state index contributed by atoms with van der Waals surface area (Å²) in [4.78, 5) is 36.8. The minimum absolute atomic E-state index is 0.128. The maximum atomic E-state index is 12.1. The standard InChI is InChI=1S/C13H11ClN2O3/c1-8-4-2-3-5-9(8)11(17)7-16-6-10(14)12(18)15-13(16)19/h2-6H,7H2,1H3,(H,15,18,19). The molecule has 0 aliphatic rings. The van der Waals surface area contributed by atoms with Crippen LogP contribution in [0.1, 0.15) is 15.9 Å². The smallest absolute Gasteiger partial charge is 0.292 e. The summed E-state index contributed by atoms with van der Waals surface area (Å²) < 4.78 is 1.08. The van der Waals surface area contributed by atoms with Crippen molar-refractivity contribution in [2.45, 2.75) is 13.5 Å². The summed E-state index contributed by atoms with van der Waals surface area (Å²) in [6, 6.07) is 7.09. The van der Waals surface area contributed by atoms with Gasteiger partial charge in [-0.25, -0.2) is 4.79 Å². The monoisotopic (exact) mass is 278 g/mol. The number of hydrogen-bond acceptors (Lipinski definition) is 3.